The Morgan fingerprint density at radius 2 is 2.19 bits per heavy atom. The van der Waals surface area contributed by atoms with E-state index in [-0.39, 0.29) is 5.56 Å². The van der Waals surface area contributed by atoms with E-state index in [9.17, 15) is 4.79 Å². The average molecular weight is 283 g/mol. The van der Waals surface area contributed by atoms with Gasteiger partial charge in [-0.15, -0.1) is 0 Å². The zero-order valence-corrected chi connectivity index (χ0v) is 11.9. The van der Waals surface area contributed by atoms with Gasteiger partial charge in [0.25, 0.3) is 5.56 Å². The fraction of sp³-hybridized carbons (Fsp3) is 0.267. The highest BCUT2D eigenvalue weighted by Gasteiger charge is 2.07. The lowest BCUT2D eigenvalue weighted by molar-refractivity contribution is 0.633. The predicted octanol–water partition coefficient (Wildman–Crippen LogP) is 1.65. The standard InChI is InChI=1S/C15H17N5O/c1-19(8-4-9-20-10-7-16-11-20)15-17-13-6-3-2-5-12(13)14(21)18-15/h2-3,5-7,10-11H,4,8-9H2,1H3,(H,17,18,21). The monoisotopic (exact) mass is 283 g/mol. The Bertz CT molecular complexity index is 778. The van der Waals surface area contributed by atoms with Crippen molar-refractivity contribution in [1.29, 1.82) is 0 Å². The van der Waals surface area contributed by atoms with Crippen molar-refractivity contribution in [2.45, 2.75) is 13.0 Å². The van der Waals surface area contributed by atoms with Crippen LogP contribution >= 0.6 is 0 Å². The predicted molar refractivity (Wildman–Crippen MR) is 82.5 cm³/mol. The summed E-state index contributed by atoms with van der Waals surface area (Å²) in [5.41, 5.74) is 0.620. The van der Waals surface area contributed by atoms with E-state index in [1.165, 1.54) is 0 Å². The molecule has 0 atom stereocenters. The van der Waals surface area contributed by atoms with E-state index >= 15 is 0 Å². The second-order valence-corrected chi connectivity index (χ2v) is 4.98. The van der Waals surface area contributed by atoms with Gasteiger partial charge in [0.1, 0.15) is 0 Å². The maximum atomic E-state index is 12.0. The molecule has 1 aromatic carbocycles. The number of para-hydroxylation sites is 1. The van der Waals surface area contributed by atoms with Crippen LogP contribution < -0.4 is 10.5 Å². The number of nitrogens with zero attached hydrogens (tertiary/aromatic N) is 4. The Labute approximate surface area is 122 Å². The zero-order chi connectivity index (χ0) is 14.7. The number of anilines is 1. The van der Waals surface area contributed by atoms with Gasteiger partial charge in [-0.25, -0.2) is 9.97 Å². The first-order valence-corrected chi connectivity index (χ1v) is 6.90. The second kappa shape index (κ2) is 5.78. The third-order valence-electron chi connectivity index (χ3n) is 3.43. The van der Waals surface area contributed by atoms with E-state index in [2.05, 4.69) is 15.0 Å². The molecule has 3 rings (SSSR count). The normalized spacial score (nSPS) is 10.9. The minimum atomic E-state index is -0.0999. The van der Waals surface area contributed by atoms with E-state index in [4.69, 9.17) is 0 Å². The molecule has 2 aromatic heterocycles. The summed E-state index contributed by atoms with van der Waals surface area (Å²) in [5, 5.41) is 0.619. The third-order valence-corrected chi connectivity index (χ3v) is 3.43. The first-order valence-electron chi connectivity index (χ1n) is 6.90. The van der Waals surface area contributed by atoms with Crippen LogP contribution in [-0.2, 0) is 6.54 Å². The summed E-state index contributed by atoms with van der Waals surface area (Å²) in [5.74, 6) is 0.601. The first kappa shape index (κ1) is 13.4. The number of benzene rings is 1. The fourth-order valence-corrected chi connectivity index (χ4v) is 2.27. The molecule has 0 aliphatic rings. The highest BCUT2D eigenvalue weighted by Crippen LogP contribution is 2.10. The number of aromatic amines is 1. The largest absolute Gasteiger partial charge is 0.345 e. The van der Waals surface area contributed by atoms with E-state index in [1.807, 2.05) is 40.9 Å². The number of hydrogen-bond donors (Lipinski definition) is 1. The molecular weight excluding hydrogens is 266 g/mol. The van der Waals surface area contributed by atoms with Crippen molar-refractivity contribution in [3.63, 3.8) is 0 Å². The van der Waals surface area contributed by atoms with Gasteiger partial charge in [-0.3, -0.25) is 9.78 Å². The Morgan fingerprint density at radius 1 is 1.33 bits per heavy atom. The molecule has 21 heavy (non-hydrogen) atoms. The summed E-state index contributed by atoms with van der Waals surface area (Å²) in [6.07, 6.45) is 6.46. The molecule has 2 heterocycles. The van der Waals surface area contributed by atoms with Crippen LogP contribution in [-0.4, -0.2) is 33.1 Å². The Morgan fingerprint density at radius 3 is 3.00 bits per heavy atom. The quantitative estimate of drug-likeness (QED) is 0.773. The maximum Gasteiger partial charge on any atom is 0.260 e. The van der Waals surface area contributed by atoms with Gasteiger partial charge >= 0.3 is 0 Å². The van der Waals surface area contributed by atoms with Crippen LogP contribution in [0.4, 0.5) is 5.95 Å². The van der Waals surface area contributed by atoms with Gasteiger partial charge in [-0.2, -0.15) is 0 Å². The first-order chi connectivity index (χ1) is 10.2. The van der Waals surface area contributed by atoms with Crippen molar-refractivity contribution in [1.82, 2.24) is 19.5 Å². The van der Waals surface area contributed by atoms with Gasteiger partial charge in [-0.1, -0.05) is 12.1 Å². The Balaban J connectivity index is 1.72. The number of nitrogens with one attached hydrogen (secondary N) is 1. The molecule has 1 N–H and O–H groups in total. The molecular formula is C15H17N5O. The van der Waals surface area contributed by atoms with E-state index < -0.39 is 0 Å². The van der Waals surface area contributed by atoms with Crippen LogP contribution in [0.25, 0.3) is 10.9 Å². The van der Waals surface area contributed by atoms with Gasteiger partial charge in [0.05, 0.1) is 17.2 Å². The molecule has 3 aromatic rings. The van der Waals surface area contributed by atoms with E-state index in [0.717, 1.165) is 25.0 Å². The fourth-order valence-electron chi connectivity index (χ4n) is 2.27. The topological polar surface area (TPSA) is 66.8 Å². The van der Waals surface area contributed by atoms with E-state index in [1.54, 1.807) is 18.6 Å². The van der Waals surface area contributed by atoms with E-state index in [0.29, 0.717) is 11.3 Å². The van der Waals surface area contributed by atoms with Crippen molar-refractivity contribution in [3.05, 3.63) is 53.3 Å². The van der Waals surface area contributed by atoms with Crippen LogP contribution in [0.2, 0.25) is 0 Å². The molecule has 0 saturated carbocycles. The van der Waals surface area contributed by atoms with Crippen LogP contribution in [0.5, 0.6) is 0 Å². The molecule has 6 heteroatoms. The smallest absolute Gasteiger partial charge is 0.260 e. The van der Waals surface area contributed by atoms with Gasteiger partial charge in [0, 0.05) is 32.5 Å². The van der Waals surface area contributed by atoms with Gasteiger partial charge in [-0.05, 0) is 18.6 Å². The molecule has 0 radical (unpaired) electrons. The summed E-state index contributed by atoms with van der Waals surface area (Å²) in [4.78, 5) is 25.3. The molecule has 0 amide bonds. The Kier molecular flexibility index (Phi) is 3.68. The second-order valence-electron chi connectivity index (χ2n) is 4.98. The summed E-state index contributed by atoms with van der Waals surface area (Å²) >= 11 is 0. The summed E-state index contributed by atoms with van der Waals surface area (Å²) < 4.78 is 2.03. The molecule has 6 nitrogen and oxygen atoms in total. The SMILES string of the molecule is CN(CCCn1ccnc1)c1nc2ccccc2c(=O)[nH]1. The molecule has 0 unspecified atom stereocenters. The molecule has 108 valence electrons. The van der Waals surface area contributed by atoms with Crippen molar-refractivity contribution < 1.29 is 0 Å². The van der Waals surface area contributed by atoms with Crippen molar-refractivity contribution >= 4 is 16.9 Å². The minimum Gasteiger partial charge on any atom is -0.345 e. The number of aromatic nitrogens is 4. The van der Waals surface area contributed by atoms with Crippen LogP contribution in [0, 0.1) is 0 Å². The lowest BCUT2D eigenvalue weighted by Gasteiger charge is -2.17. The van der Waals surface area contributed by atoms with Gasteiger partial charge in [0.2, 0.25) is 5.95 Å². The molecule has 0 fully saturated rings. The van der Waals surface area contributed by atoms with Crippen molar-refractivity contribution in [2.75, 3.05) is 18.5 Å². The third kappa shape index (κ3) is 2.94. The molecule has 0 spiro atoms. The van der Waals surface area contributed by atoms with Gasteiger partial charge < -0.3 is 9.47 Å². The molecule has 0 aliphatic carbocycles. The van der Waals surface area contributed by atoms with Crippen LogP contribution in [0.1, 0.15) is 6.42 Å². The highest BCUT2D eigenvalue weighted by atomic mass is 16.1. The number of aryl methyl sites for hydroxylation is 1. The Hall–Kier alpha value is -2.63. The lowest BCUT2D eigenvalue weighted by Crippen LogP contribution is -2.25. The summed E-state index contributed by atoms with van der Waals surface area (Å²) in [6.45, 7) is 1.70. The van der Waals surface area contributed by atoms with Crippen LogP contribution in [0.15, 0.2) is 47.8 Å². The number of rotatable bonds is 5. The number of imidazole rings is 1. The highest BCUT2D eigenvalue weighted by molar-refractivity contribution is 5.78. The molecule has 0 bridgehead atoms. The molecule has 0 saturated heterocycles. The van der Waals surface area contributed by atoms with Crippen LogP contribution in [0.3, 0.4) is 0 Å². The van der Waals surface area contributed by atoms with Crippen molar-refractivity contribution in [2.24, 2.45) is 0 Å². The maximum absolute atomic E-state index is 12.0. The summed E-state index contributed by atoms with van der Waals surface area (Å²) in [7, 11) is 1.93. The van der Waals surface area contributed by atoms with Gasteiger partial charge in [0.15, 0.2) is 0 Å². The lowest BCUT2D eigenvalue weighted by atomic mass is 10.2. The molecule has 0 aliphatic heterocycles. The number of H-pyrrole nitrogens is 1. The zero-order valence-electron chi connectivity index (χ0n) is 11.9. The minimum absolute atomic E-state index is 0.0999. The number of fused-ring (bicyclic) bond motifs is 1. The average Bonchev–Trinajstić information content (AvgIpc) is 3.00. The van der Waals surface area contributed by atoms with Crippen molar-refractivity contribution in [3.8, 4) is 0 Å². The number of hydrogen-bond acceptors (Lipinski definition) is 4. The summed E-state index contributed by atoms with van der Waals surface area (Å²) in [6, 6.07) is 7.36.